The summed E-state index contributed by atoms with van der Waals surface area (Å²) < 4.78 is 1.72. The number of nitrogens with zero attached hydrogens (tertiary/aromatic N) is 3. The van der Waals surface area contributed by atoms with Gasteiger partial charge in [-0.3, -0.25) is 23.7 Å². The average molecular weight is 534 g/mol. The number of pyridine rings is 1. The highest BCUT2D eigenvalue weighted by atomic mass is 16.2. The van der Waals surface area contributed by atoms with Gasteiger partial charge in [0.15, 0.2) is 0 Å². The van der Waals surface area contributed by atoms with Crippen LogP contribution in [0.5, 0.6) is 0 Å². The summed E-state index contributed by atoms with van der Waals surface area (Å²) in [4.78, 5) is 47.4. The number of aromatic nitrogens is 2. The number of amides is 2. The van der Waals surface area contributed by atoms with Gasteiger partial charge in [-0.25, -0.2) is 4.98 Å². The van der Waals surface area contributed by atoms with E-state index >= 15 is 0 Å². The summed E-state index contributed by atoms with van der Waals surface area (Å²) in [5, 5.41) is 9.11. The van der Waals surface area contributed by atoms with Crippen LogP contribution in [-0.4, -0.2) is 32.6 Å². The molecule has 0 unspecified atom stereocenters. The molecule has 3 heterocycles. The number of imide groups is 1. The van der Waals surface area contributed by atoms with E-state index in [1.807, 2.05) is 60.7 Å². The number of rotatable bonds is 4. The van der Waals surface area contributed by atoms with Crippen molar-refractivity contribution in [1.29, 1.82) is 0 Å². The molecule has 6 nitrogen and oxygen atoms in total. The van der Waals surface area contributed by atoms with Crippen LogP contribution < -0.4 is 5.56 Å². The van der Waals surface area contributed by atoms with Crippen molar-refractivity contribution in [2.45, 2.75) is 26.2 Å². The zero-order chi connectivity index (χ0) is 27.6. The van der Waals surface area contributed by atoms with Crippen molar-refractivity contribution in [3.63, 3.8) is 0 Å². The Morgan fingerprint density at radius 2 is 1.17 bits per heavy atom. The van der Waals surface area contributed by atoms with Crippen molar-refractivity contribution < 1.29 is 9.59 Å². The molecule has 41 heavy (non-hydrogen) atoms. The van der Waals surface area contributed by atoms with Gasteiger partial charge in [-0.15, -0.1) is 0 Å². The number of imidazole rings is 1. The molecule has 0 radical (unpaired) electrons. The second-order valence-corrected chi connectivity index (χ2v) is 11.2. The quantitative estimate of drug-likeness (QED) is 0.103. The van der Waals surface area contributed by atoms with Gasteiger partial charge in [0.2, 0.25) is 0 Å². The molecule has 0 spiro atoms. The van der Waals surface area contributed by atoms with Crippen LogP contribution in [-0.2, 0) is 0 Å². The molecule has 8 aromatic rings. The Morgan fingerprint density at radius 3 is 1.85 bits per heavy atom. The summed E-state index contributed by atoms with van der Waals surface area (Å²) in [7, 11) is 0. The second-order valence-electron chi connectivity index (χ2n) is 11.2. The molecule has 2 aromatic heterocycles. The largest absolute Gasteiger partial charge is 0.274 e. The molecule has 6 aromatic carbocycles. The Morgan fingerprint density at radius 1 is 0.610 bits per heavy atom. The van der Waals surface area contributed by atoms with Crippen LogP contribution in [0.1, 0.15) is 46.9 Å². The minimum absolute atomic E-state index is 0.0831. The fourth-order valence-electron chi connectivity index (χ4n) is 7.25. The molecular formula is C35H23N3O3. The Hall–Kier alpha value is -5.10. The van der Waals surface area contributed by atoms with Crippen LogP contribution in [0.4, 0.5) is 0 Å². The molecule has 2 amide bonds. The Kier molecular flexibility index (Phi) is 4.29. The smallest absolute Gasteiger partial charge is 0.264 e. The van der Waals surface area contributed by atoms with E-state index in [0.717, 1.165) is 78.8 Å². The highest BCUT2D eigenvalue weighted by Crippen LogP contribution is 2.46. The zero-order valence-corrected chi connectivity index (χ0v) is 22.3. The lowest BCUT2D eigenvalue weighted by Crippen LogP contribution is -2.40. The first-order valence-corrected chi connectivity index (χ1v) is 14.2. The molecule has 0 aliphatic carbocycles. The van der Waals surface area contributed by atoms with Crippen LogP contribution in [0.2, 0.25) is 0 Å². The summed E-state index contributed by atoms with van der Waals surface area (Å²) in [6.07, 6.45) is 2.79. The first kappa shape index (κ1) is 22.7. The summed E-state index contributed by atoms with van der Waals surface area (Å²) in [6, 6.07) is 23.6. The van der Waals surface area contributed by atoms with E-state index in [2.05, 4.69) is 19.1 Å². The topological polar surface area (TPSA) is 71.8 Å². The third-order valence-electron chi connectivity index (χ3n) is 9.07. The maximum atomic E-state index is 13.9. The summed E-state index contributed by atoms with van der Waals surface area (Å²) in [6.45, 7) is 2.54. The van der Waals surface area contributed by atoms with E-state index in [-0.39, 0.29) is 17.4 Å². The summed E-state index contributed by atoms with van der Waals surface area (Å²) in [5.74, 6) is -0.439. The fourth-order valence-corrected chi connectivity index (χ4v) is 7.25. The van der Waals surface area contributed by atoms with Crippen molar-refractivity contribution in [2.75, 3.05) is 6.54 Å². The van der Waals surface area contributed by atoms with Gasteiger partial charge in [-0.1, -0.05) is 56.2 Å². The van der Waals surface area contributed by atoms with Crippen molar-refractivity contribution in [3.05, 3.63) is 94.3 Å². The number of carbonyl (C=O) groups is 2. The summed E-state index contributed by atoms with van der Waals surface area (Å²) in [5.41, 5.74) is 3.32. The van der Waals surface area contributed by atoms with E-state index in [4.69, 9.17) is 4.98 Å². The molecular weight excluding hydrogens is 510 g/mol. The highest BCUT2D eigenvalue weighted by molar-refractivity contribution is 6.41. The fraction of sp³-hybridized carbons (Fsp3) is 0.143. The van der Waals surface area contributed by atoms with Crippen LogP contribution in [0.25, 0.3) is 70.5 Å². The average Bonchev–Trinajstić information content (AvgIpc) is 3.39. The molecule has 0 saturated carbocycles. The molecule has 1 aliphatic heterocycles. The standard InChI is InChI=1S/C35H23N3O3/c1-2-3-6-17-37-33(39)23-14-10-20-18-9-13-22-30-25(35(41)38-27-8-5-4-7-26(27)36-32(22)38)16-12-19(28(18)30)21-11-15-24(34(37)40)31(23)29(20)21/h4-5,7-16H,2-3,6,17H2,1H3. The van der Waals surface area contributed by atoms with Crippen LogP contribution in [0.15, 0.2) is 77.6 Å². The molecule has 196 valence electrons. The molecule has 0 atom stereocenters. The predicted octanol–water partition coefficient (Wildman–Crippen LogP) is 7.28. The van der Waals surface area contributed by atoms with E-state index in [1.165, 1.54) is 4.90 Å². The normalized spacial score (nSPS) is 14.0. The second kappa shape index (κ2) is 7.76. The van der Waals surface area contributed by atoms with Gasteiger partial charge in [0.1, 0.15) is 5.65 Å². The minimum atomic E-state index is -0.220. The highest BCUT2D eigenvalue weighted by Gasteiger charge is 2.34. The minimum Gasteiger partial charge on any atom is -0.274 e. The predicted molar refractivity (Wildman–Crippen MR) is 164 cm³/mol. The Bertz CT molecular complexity index is 2440. The van der Waals surface area contributed by atoms with E-state index in [1.54, 1.807) is 4.40 Å². The third-order valence-corrected chi connectivity index (χ3v) is 9.07. The van der Waals surface area contributed by atoms with Gasteiger partial charge in [-0.05, 0) is 75.1 Å². The maximum Gasteiger partial charge on any atom is 0.264 e. The number of hydrogen-bond acceptors (Lipinski definition) is 4. The molecule has 9 rings (SSSR count). The molecule has 6 heteroatoms. The molecule has 0 N–H and O–H groups in total. The van der Waals surface area contributed by atoms with Crippen molar-refractivity contribution in [3.8, 4) is 0 Å². The zero-order valence-electron chi connectivity index (χ0n) is 22.3. The van der Waals surface area contributed by atoms with Gasteiger partial charge >= 0.3 is 0 Å². The number of fused-ring (bicyclic) bond motifs is 6. The first-order valence-electron chi connectivity index (χ1n) is 14.2. The Labute approximate surface area is 233 Å². The Balaban J connectivity index is 1.41. The van der Waals surface area contributed by atoms with Crippen molar-refractivity contribution >= 4 is 82.4 Å². The van der Waals surface area contributed by atoms with Crippen LogP contribution >= 0.6 is 0 Å². The number of para-hydroxylation sites is 2. The van der Waals surface area contributed by atoms with Gasteiger partial charge in [0.05, 0.1) is 11.0 Å². The van der Waals surface area contributed by atoms with E-state index < -0.39 is 0 Å². The lowest BCUT2D eigenvalue weighted by molar-refractivity contribution is 0.0608. The number of hydrogen-bond donors (Lipinski definition) is 0. The van der Waals surface area contributed by atoms with Gasteiger partial charge in [0.25, 0.3) is 17.4 Å². The summed E-state index contributed by atoms with van der Waals surface area (Å²) >= 11 is 0. The van der Waals surface area contributed by atoms with Gasteiger partial charge in [-0.2, -0.15) is 0 Å². The molecule has 1 aliphatic rings. The number of carbonyl (C=O) groups excluding carboxylic acids is 2. The van der Waals surface area contributed by atoms with Crippen molar-refractivity contribution in [1.82, 2.24) is 14.3 Å². The van der Waals surface area contributed by atoms with E-state index in [9.17, 15) is 14.4 Å². The van der Waals surface area contributed by atoms with Crippen LogP contribution in [0, 0.1) is 0 Å². The SMILES string of the molecule is CCCCCN1C(=O)c2ccc3c4ccc5c(=O)n6c7ccccc7nc6c6ccc(c7ccc(c2c37)C1=O)c4c56. The molecule has 0 bridgehead atoms. The monoisotopic (exact) mass is 533 g/mol. The maximum absolute atomic E-state index is 13.9. The van der Waals surface area contributed by atoms with Gasteiger partial charge in [0, 0.05) is 39.2 Å². The third kappa shape index (κ3) is 2.67. The molecule has 0 fully saturated rings. The number of unbranched alkanes of at least 4 members (excludes halogenated alkanes) is 2. The van der Waals surface area contributed by atoms with Crippen LogP contribution in [0.3, 0.4) is 0 Å². The molecule has 0 saturated heterocycles. The van der Waals surface area contributed by atoms with E-state index in [0.29, 0.717) is 28.7 Å². The van der Waals surface area contributed by atoms with Gasteiger partial charge < -0.3 is 0 Å². The van der Waals surface area contributed by atoms with Crippen molar-refractivity contribution in [2.24, 2.45) is 0 Å². The first-order chi connectivity index (χ1) is 20.1. The number of benzene rings is 6. The lowest BCUT2D eigenvalue weighted by atomic mass is 9.84. The lowest BCUT2D eigenvalue weighted by Gasteiger charge is -2.28.